The fourth-order valence-corrected chi connectivity index (χ4v) is 3.64. The monoisotopic (exact) mass is 451 g/mol. The van der Waals surface area contributed by atoms with Crippen molar-refractivity contribution in [1.82, 2.24) is 35.4 Å². The zero-order valence-corrected chi connectivity index (χ0v) is 19.2. The number of tetrazole rings is 1. The lowest BCUT2D eigenvalue weighted by Gasteiger charge is -2.18. The molecule has 0 radical (unpaired) electrons. The predicted molar refractivity (Wildman–Crippen MR) is 121 cm³/mol. The third kappa shape index (κ3) is 4.97. The van der Waals surface area contributed by atoms with E-state index in [0.29, 0.717) is 24.6 Å². The number of aromatic amines is 1. The summed E-state index contributed by atoms with van der Waals surface area (Å²) in [5.74, 6) is -2.35. The molecule has 0 aliphatic carbocycles. The van der Waals surface area contributed by atoms with E-state index in [1.165, 1.54) is 6.92 Å². The summed E-state index contributed by atoms with van der Waals surface area (Å²) in [7, 11) is 0. The molecule has 0 aliphatic heterocycles. The van der Waals surface area contributed by atoms with E-state index in [2.05, 4.69) is 30.7 Å². The molecule has 0 unspecified atom stereocenters. The maximum absolute atomic E-state index is 14.2. The van der Waals surface area contributed by atoms with Gasteiger partial charge in [0.15, 0.2) is 0 Å². The van der Waals surface area contributed by atoms with Gasteiger partial charge < -0.3 is 0 Å². The number of hydrogen-bond acceptors (Lipinski definition) is 5. The van der Waals surface area contributed by atoms with Crippen molar-refractivity contribution in [2.45, 2.75) is 58.4 Å². The van der Waals surface area contributed by atoms with Crippen molar-refractivity contribution in [3.8, 4) is 11.4 Å². The molecule has 0 saturated heterocycles. The Morgan fingerprint density at radius 1 is 0.970 bits per heavy atom. The Morgan fingerprint density at radius 3 is 2.30 bits per heavy atom. The largest absolute Gasteiger partial charge is 0.308 e. The van der Waals surface area contributed by atoms with Crippen LogP contribution in [0.3, 0.4) is 0 Å². The third-order valence-corrected chi connectivity index (χ3v) is 5.47. The molecular weight excluding hydrogens is 424 g/mol. The van der Waals surface area contributed by atoms with Gasteiger partial charge in [-0.25, -0.2) is 9.67 Å². The molecule has 4 rings (SSSR count). The number of halogens is 2. The van der Waals surface area contributed by atoms with Gasteiger partial charge in [0.05, 0.1) is 6.54 Å². The highest BCUT2D eigenvalue weighted by atomic mass is 19.3. The topological polar surface area (TPSA) is 85.2 Å². The van der Waals surface area contributed by atoms with Crippen LogP contribution in [0.1, 0.15) is 62.5 Å². The summed E-state index contributed by atoms with van der Waals surface area (Å²) in [4.78, 5) is 4.21. The second kappa shape index (κ2) is 8.80. The molecule has 2 aromatic heterocycles. The van der Waals surface area contributed by atoms with Crippen LogP contribution < -0.4 is 0 Å². The lowest BCUT2D eigenvalue weighted by Crippen LogP contribution is -2.20. The molecular formula is C24H27F2N7. The zero-order chi connectivity index (χ0) is 23.6. The molecule has 172 valence electrons. The molecule has 0 atom stereocenters. The summed E-state index contributed by atoms with van der Waals surface area (Å²) in [5.41, 5.74) is 3.68. The number of hydrogen-bond donors (Lipinski definition) is 1. The lowest BCUT2D eigenvalue weighted by atomic mass is 9.95. The van der Waals surface area contributed by atoms with Crippen molar-refractivity contribution >= 4 is 0 Å². The van der Waals surface area contributed by atoms with Gasteiger partial charge in [-0.1, -0.05) is 76.2 Å². The first-order valence-electron chi connectivity index (χ1n) is 10.9. The Balaban J connectivity index is 1.56. The third-order valence-electron chi connectivity index (χ3n) is 5.47. The molecule has 2 aromatic carbocycles. The molecule has 0 bridgehead atoms. The average Bonchev–Trinajstić information content (AvgIpc) is 3.46. The molecule has 33 heavy (non-hydrogen) atoms. The lowest BCUT2D eigenvalue weighted by molar-refractivity contribution is -0.0177. The Morgan fingerprint density at radius 2 is 1.67 bits per heavy atom. The van der Waals surface area contributed by atoms with Crippen molar-refractivity contribution in [3.05, 3.63) is 76.9 Å². The first kappa shape index (κ1) is 22.7. The Bertz CT molecular complexity index is 1210. The molecule has 0 aliphatic rings. The fraction of sp³-hybridized carbons (Fsp3) is 0.375. The first-order valence-corrected chi connectivity index (χ1v) is 10.9. The number of alkyl halides is 2. The van der Waals surface area contributed by atoms with E-state index in [0.717, 1.165) is 22.3 Å². The van der Waals surface area contributed by atoms with Crippen LogP contribution >= 0.6 is 0 Å². The normalized spacial score (nSPS) is 12.3. The van der Waals surface area contributed by atoms with Crippen LogP contribution in [0.4, 0.5) is 8.78 Å². The smallest absolute Gasteiger partial charge is 0.245 e. The second-order valence-corrected chi connectivity index (χ2v) is 9.11. The van der Waals surface area contributed by atoms with E-state index in [-0.39, 0.29) is 6.42 Å². The highest BCUT2D eigenvalue weighted by Crippen LogP contribution is 2.31. The van der Waals surface area contributed by atoms with Crippen molar-refractivity contribution < 1.29 is 8.78 Å². The number of H-pyrrole nitrogens is 1. The second-order valence-electron chi connectivity index (χ2n) is 9.11. The number of nitrogens with one attached hydrogen (secondary N) is 1. The van der Waals surface area contributed by atoms with Gasteiger partial charge >= 0.3 is 5.92 Å². The highest BCUT2D eigenvalue weighted by molar-refractivity contribution is 5.60. The van der Waals surface area contributed by atoms with E-state index < -0.39 is 17.2 Å². The summed E-state index contributed by atoms with van der Waals surface area (Å²) in [5, 5.41) is 18.5. The van der Waals surface area contributed by atoms with Crippen LogP contribution in [0.25, 0.3) is 11.4 Å². The maximum Gasteiger partial charge on any atom is 0.308 e. The summed E-state index contributed by atoms with van der Waals surface area (Å²) in [6.45, 7) is 7.66. The molecule has 1 N–H and O–H groups in total. The SMILES string of the molecule is CCC(F)(F)c1nc(C(C)(C)C)n(Cc2ccc(Cc3ccccc3-c3nn[nH]n3)cc2)n1. The molecule has 0 saturated carbocycles. The minimum atomic E-state index is -3.04. The highest BCUT2D eigenvalue weighted by Gasteiger charge is 2.36. The first-order chi connectivity index (χ1) is 15.7. The summed E-state index contributed by atoms with van der Waals surface area (Å²) in [6.07, 6.45) is 0.370. The van der Waals surface area contributed by atoms with Crippen LogP contribution in [0.5, 0.6) is 0 Å². The standard InChI is InChI=1S/C24H27F2N7/c1-5-24(25,26)21-27-22(23(2,3)4)33(30-21)15-17-12-10-16(11-13-17)14-18-8-6-7-9-19(18)20-28-31-32-29-20/h6-13H,5,14-15H2,1-4H3,(H,28,29,31,32). The number of aromatic nitrogens is 7. The van der Waals surface area contributed by atoms with Gasteiger partial charge in [-0.05, 0) is 28.3 Å². The van der Waals surface area contributed by atoms with Crippen LogP contribution in [0.2, 0.25) is 0 Å². The number of rotatable bonds is 7. The van der Waals surface area contributed by atoms with Gasteiger partial charge in [0, 0.05) is 17.4 Å². The van der Waals surface area contributed by atoms with Crippen LogP contribution in [-0.4, -0.2) is 35.4 Å². The van der Waals surface area contributed by atoms with E-state index in [9.17, 15) is 8.78 Å². The Kier molecular flexibility index (Phi) is 6.05. The Hall–Kier alpha value is -3.49. The summed E-state index contributed by atoms with van der Waals surface area (Å²) in [6, 6.07) is 16.0. The predicted octanol–water partition coefficient (Wildman–Crippen LogP) is 4.90. The van der Waals surface area contributed by atoms with Crippen molar-refractivity contribution in [3.63, 3.8) is 0 Å². The quantitative estimate of drug-likeness (QED) is 0.432. The van der Waals surface area contributed by atoms with Gasteiger partial charge in [0.25, 0.3) is 0 Å². The fourth-order valence-electron chi connectivity index (χ4n) is 3.64. The molecule has 0 amide bonds. The van der Waals surface area contributed by atoms with Gasteiger partial charge in [-0.2, -0.15) is 14.0 Å². The van der Waals surface area contributed by atoms with Crippen molar-refractivity contribution in [2.75, 3.05) is 0 Å². The van der Waals surface area contributed by atoms with Crippen molar-refractivity contribution in [2.24, 2.45) is 0 Å². The molecule has 4 aromatic rings. The van der Waals surface area contributed by atoms with E-state index >= 15 is 0 Å². The van der Waals surface area contributed by atoms with Crippen LogP contribution in [0, 0.1) is 0 Å². The summed E-state index contributed by atoms with van der Waals surface area (Å²) < 4.78 is 30.1. The molecule has 0 spiro atoms. The van der Waals surface area contributed by atoms with E-state index in [1.807, 2.05) is 69.3 Å². The van der Waals surface area contributed by atoms with Crippen LogP contribution in [-0.2, 0) is 24.3 Å². The zero-order valence-electron chi connectivity index (χ0n) is 19.2. The van der Waals surface area contributed by atoms with Gasteiger partial charge in [-0.15, -0.1) is 15.3 Å². The minimum absolute atomic E-state index is 0.333. The molecule has 2 heterocycles. The minimum Gasteiger partial charge on any atom is -0.245 e. The van der Waals surface area contributed by atoms with Gasteiger partial charge in [0.2, 0.25) is 11.6 Å². The summed E-state index contributed by atoms with van der Waals surface area (Å²) >= 11 is 0. The van der Waals surface area contributed by atoms with Crippen LogP contribution in [0.15, 0.2) is 48.5 Å². The van der Waals surface area contributed by atoms with Gasteiger partial charge in [-0.3, -0.25) is 0 Å². The van der Waals surface area contributed by atoms with E-state index in [1.54, 1.807) is 4.68 Å². The van der Waals surface area contributed by atoms with Gasteiger partial charge in [0.1, 0.15) is 5.82 Å². The van der Waals surface area contributed by atoms with Crippen molar-refractivity contribution in [1.29, 1.82) is 0 Å². The molecule has 7 nitrogen and oxygen atoms in total. The van der Waals surface area contributed by atoms with E-state index in [4.69, 9.17) is 0 Å². The average molecular weight is 452 g/mol. The Labute approximate surface area is 191 Å². The number of benzene rings is 2. The molecule has 9 heteroatoms. The molecule has 0 fully saturated rings. The number of nitrogens with zero attached hydrogens (tertiary/aromatic N) is 6. The maximum atomic E-state index is 14.2.